The fourth-order valence-electron chi connectivity index (χ4n) is 1.91. The molecule has 0 amide bonds. The van der Waals surface area contributed by atoms with Crippen LogP contribution in [-0.2, 0) is 18.3 Å². The molecule has 0 aliphatic carbocycles. The lowest BCUT2D eigenvalue weighted by molar-refractivity contribution is 0.0845. The van der Waals surface area contributed by atoms with Crippen LogP contribution in [0.5, 0.6) is 0 Å². The van der Waals surface area contributed by atoms with Gasteiger partial charge in [-0.3, -0.25) is 0 Å². The minimum atomic E-state index is 0.514. The maximum atomic E-state index is 5.59. The highest BCUT2D eigenvalue weighted by molar-refractivity contribution is 5.10. The van der Waals surface area contributed by atoms with Gasteiger partial charge in [-0.2, -0.15) is 0 Å². The number of hydrogen-bond acceptors (Lipinski definition) is 3. The van der Waals surface area contributed by atoms with Crippen molar-refractivity contribution in [1.82, 2.24) is 9.55 Å². The zero-order valence-corrected chi connectivity index (χ0v) is 8.57. The average Bonchev–Trinajstić information content (AvgIpc) is 2.61. The Morgan fingerprint density at radius 1 is 1.57 bits per heavy atom. The number of aromatic nitrogens is 2. The Balaban J connectivity index is 2.14. The molecule has 4 heteroatoms. The Hall–Kier alpha value is -0.870. The second-order valence-electron chi connectivity index (χ2n) is 3.78. The van der Waals surface area contributed by atoms with Crippen molar-refractivity contribution < 1.29 is 4.74 Å². The molecule has 0 unspecified atom stereocenters. The summed E-state index contributed by atoms with van der Waals surface area (Å²) in [5.74, 6) is 1.53. The molecule has 78 valence electrons. The maximum Gasteiger partial charge on any atom is 0.122 e. The molecule has 1 aromatic rings. The first-order chi connectivity index (χ1) is 6.81. The number of hydrogen-bond donors (Lipinski definition) is 1. The van der Waals surface area contributed by atoms with Crippen LogP contribution in [0.1, 0.15) is 30.3 Å². The molecular formula is C10H17N3O. The lowest BCUT2D eigenvalue weighted by Gasteiger charge is -2.19. The van der Waals surface area contributed by atoms with Crippen LogP contribution in [0.3, 0.4) is 0 Å². The lowest BCUT2D eigenvalue weighted by Crippen LogP contribution is -2.14. The van der Waals surface area contributed by atoms with Crippen molar-refractivity contribution in [3.8, 4) is 0 Å². The number of imidazole rings is 1. The molecule has 1 aromatic heterocycles. The van der Waals surface area contributed by atoms with Gasteiger partial charge in [-0.15, -0.1) is 0 Å². The highest BCUT2D eigenvalue weighted by atomic mass is 16.5. The van der Waals surface area contributed by atoms with E-state index in [0.717, 1.165) is 31.9 Å². The smallest absolute Gasteiger partial charge is 0.122 e. The van der Waals surface area contributed by atoms with Gasteiger partial charge in [-0.25, -0.2) is 4.98 Å². The maximum absolute atomic E-state index is 5.59. The van der Waals surface area contributed by atoms with Gasteiger partial charge >= 0.3 is 0 Å². The third-order valence-corrected chi connectivity index (χ3v) is 2.81. The van der Waals surface area contributed by atoms with Crippen LogP contribution >= 0.6 is 0 Å². The highest BCUT2D eigenvalue weighted by Gasteiger charge is 2.18. The van der Waals surface area contributed by atoms with Crippen molar-refractivity contribution in [3.63, 3.8) is 0 Å². The van der Waals surface area contributed by atoms with E-state index >= 15 is 0 Å². The summed E-state index contributed by atoms with van der Waals surface area (Å²) < 4.78 is 7.34. The zero-order valence-electron chi connectivity index (χ0n) is 8.57. The molecule has 2 rings (SSSR count). The minimum Gasteiger partial charge on any atom is -0.381 e. The molecule has 14 heavy (non-hydrogen) atoms. The fourth-order valence-corrected chi connectivity index (χ4v) is 1.91. The first-order valence-electron chi connectivity index (χ1n) is 5.11. The summed E-state index contributed by atoms with van der Waals surface area (Å²) in [7, 11) is 2.00. The summed E-state index contributed by atoms with van der Waals surface area (Å²) in [5.41, 5.74) is 6.76. The third-order valence-electron chi connectivity index (χ3n) is 2.81. The van der Waals surface area contributed by atoms with Crippen molar-refractivity contribution in [2.75, 3.05) is 13.2 Å². The topological polar surface area (TPSA) is 53.1 Å². The van der Waals surface area contributed by atoms with E-state index in [1.807, 2.05) is 11.6 Å². The largest absolute Gasteiger partial charge is 0.381 e. The Kier molecular flexibility index (Phi) is 2.84. The number of nitrogens with two attached hydrogens (primary N) is 1. The fraction of sp³-hybridized carbons (Fsp3) is 0.700. The van der Waals surface area contributed by atoms with Crippen molar-refractivity contribution in [2.45, 2.75) is 25.3 Å². The van der Waals surface area contributed by atoms with Gasteiger partial charge in [0.2, 0.25) is 0 Å². The second kappa shape index (κ2) is 4.11. The summed E-state index contributed by atoms with van der Waals surface area (Å²) in [5, 5.41) is 0. The summed E-state index contributed by atoms with van der Waals surface area (Å²) in [6.07, 6.45) is 4.26. The Morgan fingerprint density at radius 2 is 2.29 bits per heavy atom. The van der Waals surface area contributed by atoms with Crippen molar-refractivity contribution in [1.29, 1.82) is 0 Å². The molecule has 1 saturated heterocycles. The number of ether oxygens (including phenoxy) is 1. The molecule has 2 heterocycles. The molecule has 1 aliphatic rings. The molecule has 0 bridgehead atoms. The number of nitrogens with zero attached hydrogens (tertiary/aromatic N) is 2. The molecule has 0 spiro atoms. The van der Waals surface area contributed by atoms with Crippen molar-refractivity contribution in [3.05, 3.63) is 17.7 Å². The van der Waals surface area contributed by atoms with Gasteiger partial charge in [0, 0.05) is 32.4 Å². The van der Waals surface area contributed by atoms with E-state index < -0.39 is 0 Å². The average molecular weight is 195 g/mol. The molecule has 4 nitrogen and oxygen atoms in total. The van der Waals surface area contributed by atoms with Gasteiger partial charge in [-0.1, -0.05) is 0 Å². The monoisotopic (exact) mass is 195 g/mol. The molecule has 1 fully saturated rings. The minimum absolute atomic E-state index is 0.514. The van der Waals surface area contributed by atoms with Gasteiger partial charge < -0.3 is 15.0 Å². The quantitative estimate of drug-likeness (QED) is 0.758. The summed E-state index contributed by atoms with van der Waals surface area (Å²) >= 11 is 0. The van der Waals surface area contributed by atoms with Gasteiger partial charge in [0.15, 0.2) is 0 Å². The Morgan fingerprint density at radius 3 is 2.86 bits per heavy atom. The summed E-state index contributed by atoms with van der Waals surface area (Å²) in [6.45, 7) is 2.23. The van der Waals surface area contributed by atoms with Crippen LogP contribution in [0.2, 0.25) is 0 Å². The van der Waals surface area contributed by atoms with E-state index in [1.165, 1.54) is 5.69 Å². The second-order valence-corrected chi connectivity index (χ2v) is 3.78. The van der Waals surface area contributed by atoms with Gasteiger partial charge in [0.25, 0.3) is 0 Å². The van der Waals surface area contributed by atoms with Crippen molar-refractivity contribution >= 4 is 0 Å². The molecular weight excluding hydrogens is 178 g/mol. The predicted molar refractivity (Wildman–Crippen MR) is 53.9 cm³/mol. The molecule has 0 aromatic carbocycles. The van der Waals surface area contributed by atoms with Crippen LogP contribution in [0.4, 0.5) is 0 Å². The molecule has 0 atom stereocenters. The zero-order chi connectivity index (χ0) is 9.97. The lowest BCUT2D eigenvalue weighted by atomic mass is 9.97. The van der Waals surface area contributed by atoms with Crippen LogP contribution in [0.15, 0.2) is 6.20 Å². The Bertz CT molecular complexity index is 302. The predicted octanol–water partition coefficient (Wildman–Crippen LogP) is 0.773. The normalized spacial score (nSPS) is 18.7. The van der Waals surface area contributed by atoms with E-state index in [4.69, 9.17) is 10.5 Å². The molecule has 2 N–H and O–H groups in total. The molecule has 0 saturated carbocycles. The SMILES string of the molecule is Cn1cc(C2CCOCC2)nc1CN. The van der Waals surface area contributed by atoms with Crippen molar-refractivity contribution in [2.24, 2.45) is 12.8 Å². The van der Waals surface area contributed by atoms with Crippen LogP contribution in [0, 0.1) is 0 Å². The van der Waals surface area contributed by atoms with Gasteiger partial charge in [-0.05, 0) is 12.8 Å². The standard InChI is InChI=1S/C10H17N3O/c1-13-7-9(12-10(13)6-11)8-2-4-14-5-3-8/h7-8H,2-6,11H2,1H3. The Labute approximate surface area is 84.1 Å². The summed E-state index contributed by atoms with van der Waals surface area (Å²) in [4.78, 5) is 4.53. The first-order valence-corrected chi connectivity index (χ1v) is 5.11. The number of rotatable bonds is 2. The van der Waals surface area contributed by atoms with E-state index in [9.17, 15) is 0 Å². The first kappa shape index (κ1) is 9.68. The number of aryl methyl sites for hydroxylation is 1. The molecule has 0 radical (unpaired) electrons. The van der Waals surface area contributed by atoms with E-state index in [2.05, 4.69) is 11.2 Å². The van der Waals surface area contributed by atoms with Gasteiger partial charge in [0.1, 0.15) is 5.82 Å². The molecule has 1 aliphatic heterocycles. The van der Waals surface area contributed by atoms with E-state index in [-0.39, 0.29) is 0 Å². The van der Waals surface area contributed by atoms with Crippen LogP contribution in [-0.4, -0.2) is 22.8 Å². The summed E-state index contributed by atoms with van der Waals surface area (Å²) in [6, 6.07) is 0. The third kappa shape index (κ3) is 1.81. The van der Waals surface area contributed by atoms with Gasteiger partial charge in [0.05, 0.1) is 12.2 Å². The highest BCUT2D eigenvalue weighted by Crippen LogP contribution is 2.25. The van der Waals surface area contributed by atoms with Crippen LogP contribution < -0.4 is 5.73 Å². The van der Waals surface area contributed by atoms with E-state index in [0.29, 0.717) is 12.5 Å². The van der Waals surface area contributed by atoms with E-state index in [1.54, 1.807) is 0 Å². The van der Waals surface area contributed by atoms with Crippen LogP contribution in [0.25, 0.3) is 0 Å².